The molecule has 1 aromatic carbocycles. The highest BCUT2D eigenvalue weighted by Gasteiger charge is 2.02. The zero-order valence-electron chi connectivity index (χ0n) is 7.57. The van der Waals surface area contributed by atoms with Crippen molar-refractivity contribution in [1.82, 2.24) is 5.16 Å². The molecule has 0 saturated carbocycles. The minimum Gasteiger partial charge on any atom is -0.363 e. The Morgan fingerprint density at radius 2 is 2.27 bits per heavy atom. The Balaban J connectivity index is 2.29. The Hall–Kier alpha value is -2.35. The van der Waals surface area contributed by atoms with Crippen LogP contribution in [0.25, 0.3) is 0 Å². The molecule has 0 saturated heterocycles. The number of halogens is 1. The van der Waals surface area contributed by atoms with E-state index < -0.39 is 5.82 Å². The molecule has 0 bridgehead atoms. The van der Waals surface area contributed by atoms with Crippen molar-refractivity contribution < 1.29 is 8.91 Å². The Morgan fingerprint density at radius 1 is 1.40 bits per heavy atom. The van der Waals surface area contributed by atoms with Gasteiger partial charge in [-0.15, -0.1) is 0 Å². The molecule has 74 valence electrons. The van der Waals surface area contributed by atoms with Gasteiger partial charge < -0.3 is 9.84 Å². The van der Waals surface area contributed by atoms with Crippen molar-refractivity contribution in [3.05, 3.63) is 41.9 Å². The highest BCUT2D eigenvalue weighted by molar-refractivity contribution is 5.58. The molecule has 0 atom stereocenters. The molecule has 0 aliphatic rings. The second-order valence-electron chi connectivity index (χ2n) is 2.85. The fourth-order valence-corrected chi connectivity index (χ4v) is 1.15. The van der Waals surface area contributed by atoms with Crippen LogP contribution in [-0.4, -0.2) is 5.16 Å². The van der Waals surface area contributed by atoms with Crippen LogP contribution in [0.15, 0.2) is 35.1 Å². The summed E-state index contributed by atoms with van der Waals surface area (Å²) in [6, 6.07) is 7.42. The van der Waals surface area contributed by atoms with Gasteiger partial charge in [0.25, 0.3) is 0 Å². The van der Waals surface area contributed by atoms with E-state index in [1.165, 1.54) is 18.4 Å². The summed E-state index contributed by atoms with van der Waals surface area (Å²) in [6.45, 7) is 0. The minimum absolute atomic E-state index is 0.251. The van der Waals surface area contributed by atoms with Crippen molar-refractivity contribution >= 4 is 11.5 Å². The van der Waals surface area contributed by atoms with Gasteiger partial charge in [0.05, 0.1) is 11.6 Å². The van der Waals surface area contributed by atoms with Crippen molar-refractivity contribution in [2.24, 2.45) is 0 Å². The molecule has 0 aliphatic carbocycles. The molecule has 0 fully saturated rings. The summed E-state index contributed by atoms with van der Waals surface area (Å²) in [7, 11) is 0. The summed E-state index contributed by atoms with van der Waals surface area (Å²) >= 11 is 0. The van der Waals surface area contributed by atoms with Crippen LogP contribution in [0.2, 0.25) is 0 Å². The highest BCUT2D eigenvalue weighted by Crippen LogP contribution is 2.17. The van der Waals surface area contributed by atoms with Gasteiger partial charge in [-0.3, -0.25) is 0 Å². The average molecular weight is 203 g/mol. The van der Waals surface area contributed by atoms with Crippen LogP contribution >= 0.6 is 0 Å². The molecule has 1 N–H and O–H groups in total. The SMILES string of the molecule is N#Cc1cc(F)cc(Nc2ccon2)c1. The number of anilines is 2. The maximum atomic E-state index is 13.0. The molecule has 2 aromatic rings. The second-order valence-corrected chi connectivity index (χ2v) is 2.85. The van der Waals surface area contributed by atoms with E-state index in [-0.39, 0.29) is 5.56 Å². The molecule has 1 aromatic heterocycles. The first kappa shape index (κ1) is 9.21. The summed E-state index contributed by atoms with van der Waals surface area (Å²) in [5, 5.41) is 15.0. The Labute approximate surface area is 84.9 Å². The lowest BCUT2D eigenvalue weighted by Gasteiger charge is -2.02. The number of nitrogens with zero attached hydrogens (tertiary/aromatic N) is 2. The first-order valence-electron chi connectivity index (χ1n) is 4.16. The number of aromatic nitrogens is 1. The van der Waals surface area contributed by atoms with Gasteiger partial charge in [0, 0.05) is 11.8 Å². The Bertz CT molecular complexity index is 502. The average Bonchev–Trinajstić information content (AvgIpc) is 2.69. The fraction of sp³-hybridized carbons (Fsp3) is 0. The monoisotopic (exact) mass is 203 g/mol. The Morgan fingerprint density at radius 3 is 2.93 bits per heavy atom. The van der Waals surface area contributed by atoms with E-state index in [4.69, 9.17) is 5.26 Å². The van der Waals surface area contributed by atoms with E-state index in [0.29, 0.717) is 11.5 Å². The number of nitriles is 1. The molecule has 0 unspecified atom stereocenters. The third kappa shape index (κ3) is 2.11. The van der Waals surface area contributed by atoms with Crippen LogP contribution in [0.3, 0.4) is 0 Å². The minimum atomic E-state index is -0.472. The van der Waals surface area contributed by atoms with E-state index in [0.717, 1.165) is 6.07 Å². The van der Waals surface area contributed by atoms with Crippen molar-refractivity contribution in [3.63, 3.8) is 0 Å². The lowest BCUT2D eigenvalue weighted by Crippen LogP contribution is -1.92. The van der Waals surface area contributed by atoms with Crippen molar-refractivity contribution in [2.75, 3.05) is 5.32 Å². The van der Waals surface area contributed by atoms with E-state index in [9.17, 15) is 4.39 Å². The molecule has 1 heterocycles. The summed E-state index contributed by atoms with van der Waals surface area (Å²) < 4.78 is 17.6. The zero-order chi connectivity index (χ0) is 10.7. The summed E-state index contributed by atoms with van der Waals surface area (Å²) in [5.41, 5.74) is 0.710. The van der Waals surface area contributed by atoms with Gasteiger partial charge in [0.2, 0.25) is 0 Å². The number of rotatable bonds is 2. The predicted octanol–water partition coefficient (Wildman–Crippen LogP) is 2.43. The summed E-state index contributed by atoms with van der Waals surface area (Å²) in [4.78, 5) is 0. The van der Waals surface area contributed by atoms with Crippen LogP contribution < -0.4 is 5.32 Å². The van der Waals surface area contributed by atoms with Gasteiger partial charge >= 0.3 is 0 Å². The van der Waals surface area contributed by atoms with Crippen molar-refractivity contribution in [1.29, 1.82) is 5.26 Å². The molecule has 0 radical (unpaired) electrons. The van der Waals surface area contributed by atoms with Gasteiger partial charge in [-0.1, -0.05) is 5.16 Å². The van der Waals surface area contributed by atoms with Crippen molar-refractivity contribution in [2.45, 2.75) is 0 Å². The van der Waals surface area contributed by atoms with Gasteiger partial charge in [0.1, 0.15) is 12.1 Å². The van der Waals surface area contributed by atoms with E-state index in [2.05, 4.69) is 15.0 Å². The first-order chi connectivity index (χ1) is 7.28. The molecule has 4 nitrogen and oxygen atoms in total. The second kappa shape index (κ2) is 3.80. The zero-order valence-corrected chi connectivity index (χ0v) is 7.57. The molecule has 0 amide bonds. The molecule has 0 spiro atoms. The van der Waals surface area contributed by atoms with Gasteiger partial charge in [-0.25, -0.2) is 4.39 Å². The van der Waals surface area contributed by atoms with Crippen molar-refractivity contribution in [3.8, 4) is 6.07 Å². The lowest BCUT2D eigenvalue weighted by atomic mass is 10.2. The smallest absolute Gasteiger partial charge is 0.173 e. The standard InChI is InChI=1S/C10H6FN3O/c11-8-3-7(6-12)4-9(5-8)13-10-1-2-15-14-10/h1-5H,(H,13,14). The molecule has 2 rings (SSSR count). The molecule has 15 heavy (non-hydrogen) atoms. The van der Waals surface area contributed by atoms with Crippen LogP contribution in [0.4, 0.5) is 15.9 Å². The normalized spacial score (nSPS) is 9.60. The number of nitrogens with one attached hydrogen (secondary N) is 1. The number of hydrogen-bond acceptors (Lipinski definition) is 4. The first-order valence-corrected chi connectivity index (χ1v) is 4.16. The summed E-state index contributed by atoms with van der Waals surface area (Å²) in [5.74, 6) is -0.00969. The van der Waals surface area contributed by atoms with Gasteiger partial charge in [0.15, 0.2) is 5.82 Å². The summed E-state index contributed by atoms with van der Waals surface area (Å²) in [6.07, 6.45) is 1.40. The lowest BCUT2D eigenvalue weighted by molar-refractivity contribution is 0.423. The predicted molar refractivity (Wildman–Crippen MR) is 50.9 cm³/mol. The Kier molecular flexibility index (Phi) is 2.33. The number of hydrogen-bond donors (Lipinski definition) is 1. The van der Waals surface area contributed by atoms with E-state index in [1.54, 1.807) is 6.07 Å². The third-order valence-electron chi connectivity index (χ3n) is 1.74. The highest BCUT2D eigenvalue weighted by atomic mass is 19.1. The van der Waals surface area contributed by atoms with Crippen LogP contribution in [-0.2, 0) is 0 Å². The maximum absolute atomic E-state index is 13.0. The molecular weight excluding hydrogens is 197 g/mol. The largest absolute Gasteiger partial charge is 0.363 e. The third-order valence-corrected chi connectivity index (χ3v) is 1.74. The van der Waals surface area contributed by atoms with Crippen LogP contribution in [0.5, 0.6) is 0 Å². The maximum Gasteiger partial charge on any atom is 0.173 e. The van der Waals surface area contributed by atoms with Gasteiger partial charge in [-0.05, 0) is 18.2 Å². The quantitative estimate of drug-likeness (QED) is 0.814. The number of benzene rings is 1. The van der Waals surface area contributed by atoms with Crippen LogP contribution in [0.1, 0.15) is 5.56 Å². The van der Waals surface area contributed by atoms with E-state index in [1.807, 2.05) is 6.07 Å². The molecular formula is C10H6FN3O. The van der Waals surface area contributed by atoms with Gasteiger partial charge in [-0.2, -0.15) is 5.26 Å². The molecule has 0 aliphatic heterocycles. The fourth-order valence-electron chi connectivity index (χ4n) is 1.15. The molecule has 5 heteroatoms. The van der Waals surface area contributed by atoms with Crippen LogP contribution in [0, 0.1) is 17.1 Å². The topological polar surface area (TPSA) is 61.9 Å². The van der Waals surface area contributed by atoms with E-state index >= 15 is 0 Å².